The van der Waals surface area contributed by atoms with E-state index in [0.717, 1.165) is 54.7 Å². The zero-order valence-electron chi connectivity index (χ0n) is 34.3. The third kappa shape index (κ3) is 7.78. The van der Waals surface area contributed by atoms with Gasteiger partial charge in [-0.2, -0.15) is 0 Å². The van der Waals surface area contributed by atoms with Crippen LogP contribution in [-0.2, 0) is 13.0 Å². The molecule has 304 valence electrons. The molecule has 10 rings (SSSR count). The highest BCUT2D eigenvalue weighted by Gasteiger charge is 2.58. The first-order chi connectivity index (χ1) is 29.1. The zero-order chi connectivity index (χ0) is 41.4. The number of nitrogens with zero attached hydrogens (tertiary/aromatic N) is 1. The fraction of sp³-hybridized carbons (Fsp3) is 0.283. The first-order valence-electron chi connectivity index (χ1n) is 21.2. The van der Waals surface area contributed by atoms with Crippen molar-refractivity contribution < 1.29 is 24.5 Å². The van der Waals surface area contributed by atoms with E-state index in [0.29, 0.717) is 54.7 Å². The van der Waals surface area contributed by atoms with E-state index < -0.39 is 23.2 Å². The third-order valence-corrected chi connectivity index (χ3v) is 14.6. The largest absolute Gasteiger partial charge is 0.415 e. The number of rotatable bonds is 7. The molecular formula is C53H51NO5S. The summed E-state index contributed by atoms with van der Waals surface area (Å²) >= 11 is 1.50. The lowest BCUT2D eigenvalue weighted by atomic mass is 9.64. The quantitative estimate of drug-likeness (QED) is 0.124. The fourth-order valence-corrected chi connectivity index (χ4v) is 11.0. The molecule has 4 atom stereocenters. The van der Waals surface area contributed by atoms with Crippen molar-refractivity contribution in [1.29, 1.82) is 0 Å². The summed E-state index contributed by atoms with van der Waals surface area (Å²) in [5.74, 6) is 0.208. The average Bonchev–Trinajstić information content (AvgIpc) is 3.80. The molecule has 4 unspecified atom stereocenters. The van der Waals surface area contributed by atoms with Gasteiger partial charge in [-0.15, -0.1) is 11.3 Å². The molecule has 1 fully saturated rings. The summed E-state index contributed by atoms with van der Waals surface area (Å²) in [5, 5.41) is 29.7. The van der Waals surface area contributed by atoms with Crippen LogP contribution in [0.25, 0.3) is 31.6 Å². The second kappa shape index (κ2) is 16.5. The summed E-state index contributed by atoms with van der Waals surface area (Å²) in [7, 11) is 0. The molecule has 0 aliphatic heterocycles. The molecule has 1 aromatic heterocycles. The van der Waals surface area contributed by atoms with Gasteiger partial charge in [-0.3, -0.25) is 4.79 Å². The van der Waals surface area contributed by atoms with Crippen molar-refractivity contribution in [2.75, 3.05) is 6.54 Å². The Morgan fingerprint density at radius 1 is 0.800 bits per heavy atom. The van der Waals surface area contributed by atoms with Crippen molar-refractivity contribution in [2.24, 2.45) is 5.41 Å². The van der Waals surface area contributed by atoms with E-state index in [1.807, 2.05) is 103 Å². The fourth-order valence-electron chi connectivity index (χ4n) is 9.96. The molecular weight excluding hydrogens is 763 g/mol. The number of carbonyl (C=O) groups is 2. The van der Waals surface area contributed by atoms with Crippen LogP contribution in [0.5, 0.6) is 5.75 Å². The number of benzene rings is 6. The number of amides is 1. The molecule has 60 heavy (non-hydrogen) atoms. The Labute approximate surface area is 355 Å². The Hall–Kier alpha value is -5.60. The summed E-state index contributed by atoms with van der Waals surface area (Å²) in [5.41, 5.74) is 2.54. The number of carbonyl (C=O) groups excluding carboxylic acids is 2. The van der Waals surface area contributed by atoms with Gasteiger partial charge in [0.05, 0.1) is 23.1 Å². The van der Waals surface area contributed by atoms with Gasteiger partial charge in [0.2, 0.25) is 5.78 Å². The molecule has 3 aliphatic rings. The maximum atomic E-state index is 14.8. The van der Waals surface area contributed by atoms with Crippen molar-refractivity contribution in [3.63, 3.8) is 0 Å². The molecule has 1 amide bonds. The van der Waals surface area contributed by atoms with E-state index in [2.05, 4.69) is 50.3 Å². The monoisotopic (exact) mass is 813 g/mol. The van der Waals surface area contributed by atoms with Crippen LogP contribution < -0.4 is 4.74 Å². The maximum Gasteiger partial charge on any atom is 0.415 e. The molecule has 7 aromatic rings. The summed E-state index contributed by atoms with van der Waals surface area (Å²) < 4.78 is 7.25. The molecule has 6 aromatic carbocycles. The Bertz CT molecular complexity index is 2730. The van der Waals surface area contributed by atoms with Crippen LogP contribution in [0, 0.1) is 5.41 Å². The van der Waals surface area contributed by atoms with Crippen LogP contribution in [0.15, 0.2) is 145 Å². The second-order valence-corrected chi connectivity index (χ2v) is 18.4. The van der Waals surface area contributed by atoms with Gasteiger partial charge in [0.1, 0.15) is 5.75 Å². The van der Waals surface area contributed by atoms with Gasteiger partial charge in [0, 0.05) is 22.2 Å². The van der Waals surface area contributed by atoms with E-state index in [1.54, 1.807) is 4.90 Å². The molecule has 2 N–H and O–H groups in total. The van der Waals surface area contributed by atoms with Crippen LogP contribution in [-0.4, -0.2) is 45.2 Å². The van der Waals surface area contributed by atoms with Crippen molar-refractivity contribution in [3.05, 3.63) is 172 Å². The van der Waals surface area contributed by atoms with Gasteiger partial charge in [-0.05, 0) is 132 Å². The number of ether oxygens (including phenoxy) is 1. The second-order valence-electron chi connectivity index (χ2n) is 17.3. The highest BCUT2D eigenvalue weighted by atomic mass is 32.1. The van der Waals surface area contributed by atoms with Gasteiger partial charge in [0.15, 0.2) is 0 Å². The van der Waals surface area contributed by atoms with Crippen LogP contribution in [0.4, 0.5) is 4.79 Å². The molecule has 0 saturated heterocycles. The summed E-state index contributed by atoms with van der Waals surface area (Å²) in [4.78, 5) is 31.8. The SMILES string of the molecule is CC1=CCCC2(C)C(CCC2(O)CN(Cc2cccc3ccccc23)C(=O)Oc2ccc3ccccc3c2)c2ccc(cc2C(=O)c2cc3ccccc3s2)CC(O)CC1. The Kier molecular flexibility index (Phi) is 10.9. The number of aliphatic hydroxyl groups excluding tert-OH is 1. The van der Waals surface area contributed by atoms with Crippen molar-refractivity contribution in [2.45, 2.75) is 83.0 Å². The van der Waals surface area contributed by atoms with E-state index >= 15 is 0 Å². The lowest BCUT2D eigenvalue weighted by molar-refractivity contribution is -0.0801. The Balaban J connectivity index is 1.12. The predicted molar refractivity (Wildman–Crippen MR) is 243 cm³/mol. The third-order valence-electron chi connectivity index (χ3n) is 13.4. The van der Waals surface area contributed by atoms with Crippen LogP contribution in [0.2, 0.25) is 0 Å². The minimum absolute atomic E-state index is 0.0419. The number of hydrogen-bond donors (Lipinski definition) is 2. The number of thiophene rings is 1. The first-order valence-corrected chi connectivity index (χ1v) is 22.0. The van der Waals surface area contributed by atoms with Gasteiger partial charge < -0.3 is 19.8 Å². The van der Waals surface area contributed by atoms with Crippen LogP contribution in [0.3, 0.4) is 0 Å². The normalized spacial score (nSPS) is 22.0. The minimum atomic E-state index is -1.34. The van der Waals surface area contributed by atoms with E-state index in [1.165, 1.54) is 16.9 Å². The van der Waals surface area contributed by atoms with Gasteiger partial charge >= 0.3 is 6.09 Å². The number of fused-ring (bicyclic) bond motifs is 11. The van der Waals surface area contributed by atoms with E-state index in [4.69, 9.17) is 4.74 Å². The first kappa shape index (κ1) is 39.8. The molecule has 6 nitrogen and oxygen atoms in total. The standard InChI is InChI=1S/C53H51NO5S/c1-35-11-10-27-52(2)47(45-25-21-36(29-42(55)23-20-35)30-46(45)50(56)49-32-40-15-6-8-19-48(40)60-49)26-28-53(52,58)34-54(33-41-17-9-16-38-13-5-7-18-44(38)41)51(57)59-43-24-22-37-12-3-4-14-39(37)31-43/h3-9,11-19,21-22,24-25,30-32,42,47,55,58H,10,20,23,26-29,33-34H2,1-2H3. The maximum absolute atomic E-state index is 14.8. The topological polar surface area (TPSA) is 87.1 Å². The molecule has 3 aliphatic carbocycles. The lowest BCUT2D eigenvalue weighted by Crippen LogP contribution is -2.54. The van der Waals surface area contributed by atoms with Crippen molar-refractivity contribution in [1.82, 2.24) is 4.90 Å². The Morgan fingerprint density at radius 2 is 1.55 bits per heavy atom. The number of allylic oxidation sites excluding steroid dienone is 2. The summed E-state index contributed by atoms with van der Waals surface area (Å²) in [6.07, 6.45) is 5.42. The van der Waals surface area contributed by atoms with Crippen molar-refractivity contribution >= 4 is 54.8 Å². The smallest absolute Gasteiger partial charge is 0.410 e. The van der Waals surface area contributed by atoms with Crippen molar-refractivity contribution in [3.8, 4) is 5.75 Å². The highest BCUT2D eigenvalue weighted by Crippen LogP contribution is 2.59. The number of ketones is 1. The summed E-state index contributed by atoms with van der Waals surface area (Å²) in [6, 6.07) is 44.1. The zero-order valence-corrected chi connectivity index (χ0v) is 35.1. The summed E-state index contributed by atoms with van der Waals surface area (Å²) in [6.45, 7) is 4.56. The van der Waals surface area contributed by atoms with Gasteiger partial charge in [0.25, 0.3) is 0 Å². The van der Waals surface area contributed by atoms with Gasteiger partial charge in [-0.1, -0.05) is 122 Å². The molecule has 1 saturated carbocycles. The minimum Gasteiger partial charge on any atom is -0.410 e. The van der Waals surface area contributed by atoms with E-state index in [-0.39, 0.29) is 24.8 Å². The lowest BCUT2D eigenvalue weighted by Gasteiger charge is -2.46. The van der Waals surface area contributed by atoms with Crippen LogP contribution >= 0.6 is 11.3 Å². The van der Waals surface area contributed by atoms with Crippen LogP contribution in [0.1, 0.15) is 90.2 Å². The molecule has 2 bridgehead atoms. The highest BCUT2D eigenvalue weighted by molar-refractivity contribution is 7.21. The predicted octanol–water partition coefficient (Wildman–Crippen LogP) is 12.2. The molecule has 0 radical (unpaired) electrons. The average molecular weight is 814 g/mol. The molecule has 1 heterocycles. The molecule has 7 heteroatoms. The molecule has 0 spiro atoms. The number of aliphatic hydroxyl groups is 2. The number of hydrogen-bond acceptors (Lipinski definition) is 6. The van der Waals surface area contributed by atoms with Gasteiger partial charge in [-0.25, -0.2) is 4.79 Å². The van der Waals surface area contributed by atoms with E-state index in [9.17, 15) is 19.8 Å². The Morgan fingerprint density at radius 3 is 2.38 bits per heavy atom.